The van der Waals surface area contributed by atoms with Crippen molar-refractivity contribution in [2.75, 3.05) is 0 Å². The number of aryl methyl sites for hydroxylation is 3. The first kappa shape index (κ1) is 29.2. The van der Waals surface area contributed by atoms with Crippen LogP contribution in [0.15, 0.2) is 146 Å². The van der Waals surface area contributed by atoms with Crippen molar-refractivity contribution in [1.82, 2.24) is 9.55 Å². The number of fused-ring (bicyclic) bond motifs is 11. The first-order chi connectivity index (χ1) is 24.5. The molecule has 10 rings (SSSR count). The van der Waals surface area contributed by atoms with Crippen molar-refractivity contribution in [3.63, 3.8) is 0 Å². The summed E-state index contributed by atoms with van der Waals surface area (Å²) < 4.78 is 2.25. The lowest BCUT2D eigenvalue weighted by Gasteiger charge is -2.30. The second-order valence-electron chi connectivity index (χ2n) is 13.8. The SMILES string of the molecule is Cc1cc(C)c(-c2nc3ccccc3n2-c2cccc(-c3ccc4c(c3)C3(c5ccccc5-c5ccccc53)c3ccccc3-4)c2Cl)c(C)c1. The number of hydrogen-bond donors (Lipinski definition) is 0. The maximum absolute atomic E-state index is 7.60. The summed E-state index contributed by atoms with van der Waals surface area (Å²) in [6.45, 7) is 6.50. The summed E-state index contributed by atoms with van der Waals surface area (Å²) in [5.41, 5.74) is 19.8. The number of aromatic nitrogens is 2. The highest BCUT2D eigenvalue weighted by Crippen LogP contribution is 2.63. The number of hydrogen-bond acceptors (Lipinski definition) is 1. The van der Waals surface area contributed by atoms with E-state index in [0.717, 1.165) is 39.2 Å². The van der Waals surface area contributed by atoms with Gasteiger partial charge in [-0.05, 0) is 106 Å². The van der Waals surface area contributed by atoms with Gasteiger partial charge in [0.15, 0.2) is 0 Å². The van der Waals surface area contributed by atoms with Crippen LogP contribution in [0, 0.1) is 20.8 Å². The lowest BCUT2D eigenvalue weighted by molar-refractivity contribution is 0.794. The van der Waals surface area contributed by atoms with E-state index < -0.39 is 5.41 Å². The molecular formula is C47H33ClN2. The third-order valence-electron chi connectivity index (χ3n) is 11.0. The Balaban J connectivity index is 1.22. The third kappa shape index (κ3) is 3.83. The van der Waals surface area contributed by atoms with Crippen LogP contribution in [0.3, 0.4) is 0 Å². The predicted molar refractivity (Wildman–Crippen MR) is 207 cm³/mol. The van der Waals surface area contributed by atoms with Crippen molar-refractivity contribution in [2.45, 2.75) is 26.2 Å². The van der Waals surface area contributed by atoms with E-state index in [2.05, 4.69) is 165 Å². The van der Waals surface area contributed by atoms with Crippen LogP contribution in [-0.2, 0) is 5.41 Å². The minimum Gasteiger partial charge on any atom is -0.291 e. The zero-order chi connectivity index (χ0) is 33.7. The number of para-hydroxylation sites is 2. The molecule has 0 saturated carbocycles. The summed E-state index contributed by atoms with van der Waals surface area (Å²) in [4.78, 5) is 5.22. The molecule has 1 heterocycles. The van der Waals surface area contributed by atoms with Crippen molar-refractivity contribution in [3.8, 4) is 50.5 Å². The molecule has 2 nitrogen and oxygen atoms in total. The quantitative estimate of drug-likeness (QED) is 0.184. The van der Waals surface area contributed by atoms with E-state index in [9.17, 15) is 0 Å². The number of rotatable bonds is 3. The highest BCUT2D eigenvalue weighted by atomic mass is 35.5. The van der Waals surface area contributed by atoms with Gasteiger partial charge in [-0.25, -0.2) is 4.98 Å². The van der Waals surface area contributed by atoms with Crippen LogP contribution in [0.1, 0.15) is 38.9 Å². The average molecular weight is 661 g/mol. The first-order valence-electron chi connectivity index (χ1n) is 17.3. The summed E-state index contributed by atoms with van der Waals surface area (Å²) in [5, 5.41) is 0.705. The summed E-state index contributed by atoms with van der Waals surface area (Å²) in [7, 11) is 0. The van der Waals surface area contributed by atoms with Gasteiger partial charge in [-0.2, -0.15) is 0 Å². The Morgan fingerprint density at radius 3 is 1.70 bits per heavy atom. The minimum atomic E-state index is -0.409. The highest BCUT2D eigenvalue weighted by Gasteiger charge is 2.51. The van der Waals surface area contributed by atoms with Gasteiger partial charge in [0.1, 0.15) is 5.82 Å². The fourth-order valence-electron chi connectivity index (χ4n) is 9.15. The normalized spacial score (nSPS) is 13.4. The van der Waals surface area contributed by atoms with Crippen LogP contribution in [0.2, 0.25) is 5.02 Å². The average Bonchev–Trinajstić information content (AvgIpc) is 3.75. The summed E-state index contributed by atoms with van der Waals surface area (Å²) in [6, 6.07) is 53.0. The molecule has 0 unspecified atom stereocenters. The van der Waals surface area contributed by atoms with Crippen LogP contribution in [0.25, 0.3) is 61.5 Å². The molecule has 1 spiro atoms. The Morgan fingerprint density at radius 2 is 1.06 bits per heavy atom. The fourth-order valence-corrected chi connectivity index (χ4v) is 9.47. The molecule has 50 heavy (non-hydrogen) atoms. The first-order valence-corrected chi connectivity index (χ1v) is 17.6. The molecule has 0 radical (unpaired) electrons. The molecular weight excluding hydrogens is 628 g/mol. The number of imidazole rings is 1. The number of halogens is 1. The summed E-state index contributed by atoms with van der Waals surface area (Å²) in [6.07, 6.45) is 0. The molecule has 2 aliphatic rings. The van der Waals surface area contributed by atoms with Gasteiger partial charge in [0.05, 0.1) is 27.2 Å². The maximum Gasteiger partial charge on any atom is 0.146 e. The van der Waals surface area contributed by atoms with Crippen molar-refractivity contribution >= 4 is 22.6 Å². The van der Waals surface area contributed by atoms with Crippen molar-refractivity contribution in [3.05, 3.63) is 190 Å². The van der Waals surface area contributed by atoms with Crippen molar-refractivity contribution in [2.24, 2.45) is 0 Å². The summed E-state index contributed by atoms with van der Waals surface area (Å²) in [5.74, 6) is 0.905. The summed E-state index contributed by atoms with van der Waals surface area (Å²) >= 11 is 7.60. The zero-order valence-corrected chi connectivity index (χ0v) is 28.9. The van der Waals surface area contributed by atoms with Gasteiger partial charge in [-0.3, -0.25) is 4.57 Å². The maximum atomic E-state index is 7.60. The smallest absolute Gasteiger partial charge is 0.146 e. The molecule has 0 saturated heterocycles. The van der Waals surface area contributed by atoms with Gasteiger partial charge in [0.25, 0.3) is 0 Å². The van der Waals surface area contributed by atoms with Gasteiger partial charge >= 0.3 is 0 Å². The van der Waals surface area contributed by atoms with Crippen LogP contribution in [-0.4, -0.2) is 9.55 Å². The molecule has 0 aliphatic heterocycles. The third-order valence-corrected chi connectivity index (χ3v) is 11.4. The van der Waals surface area contributed by atoms with Gasteiger partial charge in [0, 0.05) is 11.1 Å². The molecule has 1 aromatic heterocycles. The molecule has 3 heteroatoms. The Labute approximate surface area is 297 Å². The molecule has 8 aromatic rings. The molecule has 238 valence electrons. The Morgan fingerprint density at radius 1 is 0.520 bits per heavy atom. The number of benzene rings is 7. The van der Waals surface area contributed by atoms with Gasteiger partial charge in [-0.1, -0.05) is 138 Å². The fraction of sp³-hybridized carbons (Fsp3) is 0.0851. The van der Waals surface area contributed by atoms with E-state index in [1.165, 1.54) is 61.2 Å². The van der Waals surface area contributed by atoms with E-state index >= 15 is 0 Å². The Kier molecular flexibility index (Phi) is 6.23. The highest BCUT2D eigenvalue weighted by molar-refractivity contribution is 6.35. The Bertz CT molecular complexity index is 2630. The standard InChI is InChI=1S/C47H33ClN2/c1-28-25-29(2)44(30(3)26-28)46-49-41-20-10-11-21-42(41)50(46)43-22-12-16-32(45(43)48)31-23-24-36-35-15-6-9-19-39(35)47(40(36)27-31)37-17-7-4-13-33(37)34-14-5-8-18-38(34)47/h4-27H,1-3H3. The van der Waals surface area contributed by atoms with Gasteiger partial charge in [-0.15, -0.1) is 0 Å². The van der Waals surface area contributed by atoms with E-state index in [4.69, 9.17) is 16.6 Å². The van der Waals surface area contributed by atoms with Crippen LogP contribution < -0.4 is 0 Å². The van der Waals surface area contributed by atoms with Crippen LogP contribution >= 0.6 is 11.6 Å². The largest absolute Gasteiger partial charge is 0.291 e. The van der Waals surface area contributed by atoms with Gasteiger partial charge < -0.3 is 0 Å². The van der Waals surface area contributed by atoms with E-state index in [1.807, 2.05) is 6.07 Å². The topological polar surface area (TPSA) is 17.8 Å². The lowest BCUT2D eigenvalue weighted by Crippen LogP contribution is -2.25. The predicted octanol–water partition coefficient (Wildman–Crippen LogP) is 12.3. The van der Waals surface area contributed by atoms with Crippen LogP contribution in [0.5, 0.6) is 0 Å². The van der Waals surface area contributed by atoms with E-state index in [0.29, 0.717) is 5.02 Å². The second-order valence-corrected chi connectivity index (χ2v) is 14.2. The molecule has 0 atom stereocenters. The van der Waals surface area contributed by atoms with Crippen molar-refractivity contribution < 1.29 is 0 Å². The molecule has 0 bridgehead atoms. The van der Waals surface area contributed by atoms with Crippen molar-refractivity contribution in [1.29, 1.82) is 0 Å². The molecule has 2 aliphatic carbocycles. The Hall–Kier alpha value is -5.70. The number of nitrogens with zero attached hydrogens (tertiary/aromatic N) is 2. The molecule has 7 aromatic carbocycles. The molecule has 0 N–H and O–H groups in total. The zero-order valence-electron chi connectivity index (χ0n) is 28.1. The minimum absolute atomic E-state index is 0.409. The molecule has 0 fully saturated rings. The van der Waals surface area contributed by atoms with E-state index in [1.54, 1.807) is 0 Å². The second kappa shape index (κ2) is 10.6. The van der Waals surface area contributed by atoms with Gasteiger partial charge in [0.2, 0.25) is 0 Å². The van der Waals surface area contributed by atoms with E-state index in [-0.39, 0.29) is 0 Å². The molecule has 0 amide bonds. The van der Waals surface area contributed by atoms with Crippen LogP contribution in [0.4, 0.5) is 0 Å². The lowest BCUT2D eigenvalue weighted by atomic mass is 9.70. The monoisotopic (exact) mass is 660 g/mol.